The number of rotatable bonds is 6. The molecule has 0 bridgehead atoms. The van der Waals surface area contributed by atoms with Crippen molar-refractivity contribution in [1.82, 2.24) is 9.97 Å². The highest BCUT2D eigenvalue weighted by Crippen LogP contribution is 2.38. The number of fused-ring (bicyclic) bond motifs is 1. The van der Waals surface area contributed by atoms with Crippen LogP contribution in [0.1, 0.15) is 15.9 Å². The van der Waals surface area contributed by atoms with Gasteiger partial charge in [0.05, 0.1) is 32.7 Å². The highest BCUT2D eigenvalue weighted by Gasteiger charge is 2.19. The van der Waals surface area contributed by atoms with Crippen molar-refractivity contribution in [3.63, 3.8) is 0 Å². The van der Waals surface area contributed by atoms with E-state index >= 15 is 0 Å². The molecule has 0 saturated carbocycles. The first-order chi connectivity index (χ1) is 14.1. The first-order valence-corrected chi connectivity index (χ1v) is 9.03. The van der Waals surface area contributed by atoms with E-state index in [4.69, 9.17) is 14.2 Å². The molecule has 6 nitrogen and oxygen atoms in total. The third kappa shape index (κ3) is 3.40. The van der Waals surface area contributed by atoms with E-state index in [0.717, 1.165) is 16.6 Å². The normalized spacial score (nSPS) is 10.7. The topological polar surface area (TPSA) is 73.4 Å². The van der Waals surface area contributed by atoms with Gasteiger partial charge in [0.2, 0.25) is 5.75 Å². The molecule has 0 spiro atoms. The molecule has 2 aromatic heterocycles. The fourth-order valence-corrected chi connectivity index (χ4v) is 3.31. The van der Waals surface area contributed by atoms with Gasteiger partial charge in [-0.25, -0.2) is 0 Å². The zero-order chi connectivity index (χ0) is 20.4. The quantitative estimate of drug-likeness (QED) is 0.493. The van der Waals surface area contributed by atoms with Gasteiger partial charge in [-0.1, -0.05) is 18.2 Å². The van der Waals surface area contributed by atoms with Gasteiger partial charge in [-0.15, -0.1) is 0 Å². The summed E-state index contributed by atoms with van der Waals surface area (Å²) in [4.78, 5) is 20.9. The van der Waals surface area contributed by atoms with Crippen LogP contribution >= 0.6 is 0 Å². The maximum absolute atomic E-state index is 13.1. The van der Waals surface area contributed by atoms with Crippen molar-refractivity contribution in [2.45, 2.75) is 0 Å². The molecule has 1 N–H and O–H groups in total. The van der Waals surface area contributed by atoms with E-state index in [-0.39, 0.29) is 5.78 Å². The molecule has 0 aliphatic rings. The molecule has 0 aliphatic carbocycles. The van der Waals surface area contributed by atoms with Crippen LogP contribution in [0.3, 0.4) is 0 Å². The number of carbonyl (C=O) groups is 1. The summed E-state index contributed by atoms with van der Waals surface area (Å²) in [6.45, 7) is 0. The monoisotopic (exact) mass is 388 g/mol. The lowest BCUT2D eigenvalue weighted by molar-refractivity contribution is 0.103. The molecular formula is C23H20N2O4. The summed E-state index contributed by atoms with van der Waals surface area (Å²) < 4.78 is 16.0. The maximum atomic E-state index is 13.1. The number of pyridine rings is 1. The van der Waals surface area contributed by atoms with Gasteiger partial charge in [0.15, 0.2) is 17.3 Å². The highest BCUT2D eigenvalue weighted by atomic mass is 16.5. The lowest BCUT2D eigenvalue weighted by atomic mass is 10.0. The van der Waals surface area contributed by atoms with Crippen molar-refractivity contribution >= 4 is 16.7 Å². The molecule has 29 heavy (non-hydrogen) atoms. The minimum atomic E-state index is -0.163. The van der Waals surface area contributed by atoms with Gasteiger partial charge in [-0.2, -0.15) is 0 Å². The van der Waals surface area contributed by atoms with Gasteiger partial charge >= 0.3 is 0 Å². The highest BCUT2D eigenvalue weighted by molar-refractivity contribution is 6.10. The van der Waals surface area contributed by atoms with E-state index in [1.807, 2.05) is 30.3 Å². The van der Waals surface area contributed by atoms with Crippen LogP contribution in [0.25, 0.3) is 22.3 Å². The van der Waals surface area contributed by atoms with Gasteiger partial charge in [0.25, 0.3) is 0 Å². The number of benzene rings is 2. The van der Waals surface area contributed by atoms with Crippen molar-refractivity contribution in [2.75, 3.05) is 21.3 Å². The van der Waals surface area contributed by atoms with Crippen molar-refractivity contribution in [1.29, 1.82) is 0 Å². The Morgan fingerprint density at radius 2 is 1.59 bits per heavy atom. The fourth-order valence-electron chi connectivity index (χ4n) is 3.31. The summed E-state index contributed by atoms with van der Waals surface area (Å²) >= 11 is 0. The minimum absolute atomic E-state index is 0.163. The summed E-state index contributed by atoms with van der Waals surface area (Å²) in [6.07, 6.45) is 1.63. The van der Waals surface area contributed by atoms with Crippen LogP contribution in [-0.4, -0.2) is 37.1 Å². The molecular weight excluding hydrogens is 368 g/mol. The van der Waals surface area contributed by atoms with Crippen LogP contribution in [0.15, 0.2) is 60.8 Å². The van der Waals surface area contributed by atoms with E-state index in [1.165, 1.54) is 21.3 Å². The lowest BCUT2D eigenvalue weighted by Gasteiger charge is -2.13. The molecule has 2 heterocycles. The van der Waals surface area contributed by atoms with Crippen LogP contribution in [0.4, 0.5) is 0 Å². The number of methoxy groups -OCH3 is 3. The summed E-state index contributed by atoms with van der Waals surface area (Å²) in [7, 11) is 4.56. The van der Waals surface area contributed by atoms with Crippen molar-refractivity contribution in [3.8, 4) is 28.6 Å². The van der Waals surface area contributed by atoms with Gasteiger partial charge in [-0.05, 0) is 36.4 Å². The molecule has 0 atom stereocenters. The third-order valence-corrected chi connectivity index (χ3v) is 4.75. The number of ketones is 1. The van der Waals surface area contributed by atoms with E-state index in [9.17, 15) is 4.79 Å². The predicted molar refractivity (Wildman–Crippen MR) is 111 cm³/mol. The Morgan fingerprint density at radius 3 is 2.24 bits per heavy atom. The van der Waals surface area contributed by atoms with Gasteiger partial charge in [0.1, 0.15) is 0 Å². The third-order valence-electron chi connectivity index (χ3n) is 4.75. The van der Waals surface area contributed by atoms with Crippen LogP contribution in [0.5, 0.6) is 17.2 Å². The van der Waals surface area contributed by atoms with Crippen molar-refractivity contribution in [3.05, 3.63) is 71.9 Å². The second-order valence-electron chi connectivity index (χ2n) is 6.44. The zero-order valence-corrected chi connectivity index (χ0v) is 16.4. The van der Waals surface area contributed by atoms with E-state index in [2.05, 4.69) is 9.97 Å². The molecule has 0 fully saturated rings. The molecule has 146 valence electrons. The van der Waals surface area contributed by atoms with E-state index < -0.39 is 0 Å². The molecule has 6 heteroatoms. The SMILES string of the molecule is COc1cc(C(=O)c2ccnc(-c3cc4ccccc4[nH]3)c2)cc(OC)c1OC. The summed E-state index contributed by atoms with van der Waals surface area (Å²) in [5.41, 5.74) is 3.52. The Hall–Kier alpha value is -3.80. The number of nitrogens with one attached hydrogen (secondary N) is 1. The number of hydrogen-bond donors (Lipinski definition) is 1. The van der Waals surface area contributed by atoms with Gasteiger partial charge in [-0.3, -0.25) is 9.78 Å². The summed E-state index contributed by atoms with van der Waals surface area (Å²) in [5.74, 6) is 1.14. The number of carbonyl (C=O) groups excluding carboxylic acids is 1. The number of H-pyrrole nitrogens is 1. The molecule has 0 aliphatic heterocycles. The van der Waals surface area contributed by atoms with Crippen LogP contribution < -0.4 is 14.2 Å². The Morgan fingerprint density at radius 1 is 0.862 bits per heavy atom. The number of ether oxygens (including phenoxy) is 3. The maximum Gasteiger partial charge on any atom is 0.203 e. The smallest absolute Gasteiger partial charge is 0.203 e. The Labute approximate surface area is 168 Å². The molecule has 0 radical (unpaired) electrons. The Balaban J connectivity index is 1.74. The number of hydrogen-bond acceptors (Lipinski definition) is 5. The largest absolute Gasteiger partial charge is 0.493 e. The zero-order valence-electron chi connectivity index (χ0n) is 16.4. The average Bonchev–Trinajstić information content (AvgIpc) is 3.22. The second-order valence-corrected chi connectivity index (χ2v) is 6.44. The van der Waals surface area contributed by atoms with Crippen LogP contribution in [0.2, 0.25) is 0 Å². The predicted octanol–water partition coefficient (Wildman–Crippen LogP) is 4.49. The minimum Gasteiger partial charge on any atom is -0.493 e. The fraction of sp³-hybridized carbons (Fsp3) is 0.130. The summed E-state index contributed by atoms with van der Waals surface area (Å²) in [5, 5.41) is 1.09. The average molecular weight is 388 g/mol. The van der Waals surface area contributed by atoms with Crippen molar-refractivity contribution < 1.29 is 19.0 Å². The molecule has 4 rings (SSSR count). The summed E-state index contributed by atoms with van der Waals surface area (Å²) in [6, 6.07) is 16.8. The standard InChI is InChI=1S/C23H20N2O4/c1-27-20-12-16(13-21(28-2)23(20)29-3)22(26)15-8-9-24-18(11-15)19-10-14-6-4-5-7-17(14)25-19/h4-13,25H,1-3H3. The second kappa shape index (κ2) is 7.67. The number of para-hydroxylation sites is 1. The first kappa shape index (κ1) is 18.6. The number of aromatic amines is 1. The molecule has 0 saturated heterocycles. The number of aromatic nitrogens is 2. The first-order valence-electron chi connectivity index (χ1n) is 9.03. The van der Waals surface area contributed by atoms with E-state index in [1.54, 1.807) is 30.5 Å². The van der Waals surface area contributed by atoms with E-state index in [0.29, 0.717) is 34.1 Å². The Kier molecular flexibility index (Phi) is 4.91. The molecule has 0 unspecified atom stereocenters. The van der Waals surface area contributed by atoms with Gasteiger partial charge < -0.3 is 19.2 Å². The lowest BCUT2D eigenvalue weighted by Crippen LogP contribution is -2.05. The molecule has 4 aromatic rings. The Bertz CT molecular complexity index is 1140. The number of nitrogens with zero attached hydrogens (tertiary/aromatic N) is 1. The molecule has 0 amide bonds. The molecule has 2 aromatic carbocycles. The van der Waals surface area contributed by atoms with Crippen LogP contribution in [0, 0.1) is 0 Å². The van der Waals surface area contributed by atoms with Crippen LogP contribution in [-0.2, 0) is 0 Å². The van der Waals surface area contributed by atoms with Crippen molar-refractivity contribution in [2.24, 2.45) is 0 Å². The van der Waals surface area contributed by atoms with Gasteiger partial charge in [0, 0.05) is 28.2 Å².